The number of β-amino-alcohol motifs (C(OH)–C–C–N with tert-alkyl or cyclic N) is 1. The van der Waals surface area contributed by atoms with E-state index in [1.165, 1.54) is 18.4 Å². The van der Waals surface area contributed by atoms with Crippen LogP contribution in [0.2, 0.25) is 0 Å². The van der Waals surface area contributed by atoms with E-state index < -0.39 is 5.60 Å². The van der Waals surface area contributed by atoms with E-state index in [1.54, 1.807) is 11.8 Å². The lowest BCUT2D eigenvalue weighted by Gasteiger charge is -2.36. The quantitative estimate of drug-likeness (QED) is 0.917. The first-order valence-electron chi connectivity index (χ1n) is 7.62. The lowest BCUT2D eigenvalue weighted by molar-refractivity contribution is -0.0107. The number of rotatable bonds is 4. The fourth-order valence-electron chi connectivity index (χ4n) is 2.77. The van der Waals surface area contributed by atoms with Crippen LogP contribution in [0.25, 0.3) is 0 Å². The summed E-state index contributed by atoms with van der Waals surface area (Å²) in [4.78, 5) is 14.2. The second kappa shape index (κ2) is 6.40. The Balaban J connectivity index is 2.01. The van der Waals surface area contributed by atoms with Crippen molar-refractivity contribution >= 4 is 5.91 Å². The highest BCUT2D eigenvalue weighted by Gasteiger charge is 2.31. The number of aryl methyl sites for hydroxylation is 1. The Kier molecular flexibility index (Phi) is 4.81. The smallest absolute Gasteiger partial charge is 0.253 e. The molecule has 1 unspecified atom stereocenters. The maximum atomic E-state index is 12.4. The van der Waals surface area contributed by atoms with Crippen molar-refractivity contribution in [2.24, 2.45) is 0 Å². The maximum Gasteiger partial charge on any atom is 0.253 e. The molecule has 0 aromatic heterocycles. The van der Waals surface area contributed by atoms with E-state index in [2.05, 4.69) is 6.92 Å². The van der Waals surface area contributed by atoms with Gasteiger partial charge in [-0.25, -0.2) is 0 Å². The van der Waals surface area contributed by atoms with Crippen LogP contribution >= 0.6 is 0 Å². The molecule has 110 valence electrons. The molecule has 1 aliphatic rings. The van der Waals surface area contributed by atoms with Gasteiger partial charge in [-0.15, -0.1) is 0 Å². The zero-order valence-corrected chi connectivity index (χ0v) is 12.6. The van der Waals surface area contributed by atoms with E-state index >= 15 is 0 Å². The van der Waals surface area contributed by atoms with Crippen LogP contribution in [0.4, 0.5) is 0 Å². The predicted molar refractivity (Wildman–Crippen MR) is 80.8 cm³/mol. The number of amides is 1. The summed E-state index contributed by atoms with van der Waals surface area (Å²) >= 11 is 0. The molecule has 0 radical (unpaired) electrons. The molecule has 1 aliphatic heterocycles. The lowest BCUT2D eigenvalue weighted by Crippen LogP contribution is -2.48. The second-order valence-electron chi connectivity index (χ2n) is 6.13. The summed E-state index contributed by atoms with van der Waals surface area (Å²) in [5, 5.41) is 10.1. The number of unbranched alkanes of at least 4 members (excludes halogenated alkanes) is 1. The van der Waals surface area contributed by atoms with Gasteiger partial charge in [0, 0.05) is 18.7 Å². The van der Waals surface area contributed by atoms with Crippen LogP contribution in [0.3, 0.4) is 0 Å². The van der Waals surface area contributed by atoms with Gasteiger partial charge >= 0.3 is 0 Å². The van der Waals surface area contributed by atoms with Crippen molar-refractivity contribution in [2.75, 3.05) is 13.1 Å². The van der Waals surface area contributed by atoms with Crippen molar-refractivity contribution in [2.45, 2.75) is 51.6 Å². The van der Waals surface area contributed by atoms with E-state index in [1.807, 2.05) is 24.3 Å². The van der Waals surface area contributed by atoms with Crippen molar-refractivity contribution in [3.63, 3.8) is 0 Å². The van der Waals surface area contributed by atoms with Gasteiger partial charge in [0.25, 0.3) is 5.91 Å². The van der Waals surface area contributed by atoms with Crippen molar-refractivity contribution in [1.82, 2.24) is 4.90 Å². The Morgan fingerprint density at radius 3 is 2.65 bits per heavy atom. The van der Waals surface area contributed by atoms with Gasteiger partial charge in [-0.05, 0) is 50.3 Å². The first kappa shape index (κ1) is 15.0. The van der Waals surface area contributed by atoms with E-state index in [0.717, 1.165) is 31.4 Å². The maximum absolute atomic E-state index is 12.4. The Morgan fingerprint density at radius 2 is 2.05 bits per heavy atom. The van der Waals surface area contributed by atoms with E-state index in [0.29, 0.717) is 6.54 Å². The van der Waals surface area contributed by atoms with Gasteiger partial charge in [0.2, 0.25) is 0 Å². The third-order valence-corrected chi connectivity index (χ3v) is 3.98. The molecule has 1 amide bonds. The Bertz CT molecular complexity index is 451. The summed E-state index contributed by atoms with van der Waals surface area (Å²) in [5.41, 5.74) is 1.27. The van der Waals surface area contributed by atoms with Gasteiger partial charge in [-0.3, -0.25) is 4.79 Å². The van der Waals surface area contributed by atoms with E-state index in [-0.39, 0.29) is 5.91 Å². The number of hydrogen-bond donors (Lipinski definition) is 1. The topological polar surface area (TPSA) is 40.5 Å². The Morgan fingerprint density at radius 1 is 1.35 bits per heavy atom. The average Bonchev–Trinajstić information content (AvgIpc) is 2.44. The van der Waals surface area contributed by atoms with Crippen LogP contribution in [0.5, 0.6) is 0 Å². The summed E-state index contributed by atoms with van der Waals surface area (Å²) in [6.07, 6.45) is 5.08. The number of benzene rings is 1. The zero-order valence-electron chi connectivity index (χ0n) is 12.6. The molecule has 20 heavy (non-hydrogen) atoms. The van der Waals surface area contributed by atoms with Crippen LogP contribution < -0.4 is 0 Å². The van der Waals surface area contributed by atoms with Gasteiger partial charge in [-0.1, -0.05) is 25.5 Å². The van der Waals surface area contributed by atoms with Gasteiger partial charge in [0.15, 0.2) is 0 Å². The lowest BCUT2D eigenvalue weighted by atomic mass is 9.94. The van der Waals surface area contributed by atoms with E-state index in [9.17, 15) is 9.90 Å². The summed E-state index contributed by atoms with van der Waals surface area (Å²) < 4.78 is 0. The van der Waals surface area contributed by atoms with Crippen molar-refractivity contribution in [3.05, 3.63) is 35.4 Å². The van der Waals surface area contributed by atoms with Crippen LogP contribution in [-0.2, 0) is 6.42 Å². The highest BCUT2D eigenvalue weighted by atomic mass is 16.3. The number of hydrogen-bond acceptors (Lipinski definition) is 2. The molecular weight excluding hydrogens is 250 g/mol. The van der Waals surface area contributed by atoms with Crippen LogP contribution in [0.1, 0.15) is 55.5 Å². The normalized spacial score (nSPS) is 22.9. The molecule has 0 saturated carbocycles. The SMILES string of the molecule is CCCCc1ccc(C(=O)N2CCCC(C)(O)C2)cc1. The third kappa shape index (κ3) is 3.83. The molecule has 0 bridgehead atoms. The standard InChI is InChI=1S/C17H25NO2/c1-3-4-6-14-7-9-15(10-8-14)16(19)18-12-5-11-17(2,20)13-18/h7-10,20H,3-6,11-13H2,1-2H3. The van der Waals surface area contributed by atoms with Gasteiger partial charge in [0.1, 0.15) is 0 Å². The number of carbonyl (C=O) groups excluding carboxylic acids is 1. The minimum Gasteiger partial charge on any atom is -0.388 e. The Labute approximate surface area is 121 Å². The number of likely N-dealkylation sites (tertiary alicyclic amines) is 1. The van der Waals surface area contributed by atoms with Gasteiger partial charge < -0.3 is 10.0 Å². The molecule has 1 fully saturated rings. The molecule has 1 N–H and O–H groups in total. The van der Waals surface area contributed by atoms with Gasteiger partial charge in [0.05, 0.1) is 5.60 Å². The largest absolute Gasteiger partial charge is 0.388 e. The molecule has 0 aliphatic carbocycles. The zero-order chi connectivity index (χ0) is 14.6. The molecule has 3 nitrogen and oxygen atoms in total. The number of nitrogens with zero attached hydrogens (tertiary/aromatic N) is 1. The minimum atomic E-state index is -0.741. The molecule has 0 spiro atoms. The first-order valence-corrected chi connectivity index (χ1v) is 7.62. The highest BCUT2D eigenvalue weighted by molar-refractivity contribution is 5.94. The molecule has 3 heteroatoms. The fraction of sp³-hybridized carbons (Fsp3) is 0.588. The second-order valence-corrected chi connectivity index (χ2v) is 6.13. The predicted octanol–water partition coefficient (Wildman–Crippen LogP) is 3.02. The van der Waals surface area contributed by atoms with Crippen LogP contribution in [0.15, 0.2) is 24.3 Å². The fourth-order valence-corrected chi connectivity index (χ4v) is 2.77. The Hall–Kier alpha value is -1.35. The number of aliphatic hydroxyl groups is 1. The summed E-state index contributed by atoms with van der Waals surface area (Å²) in [6, 6.07) is 7.92. The molecule has 1 aromatic carbocycles. The summed E-state index contributed by atoms with van der Waals surface area (Å²) in [7, 11) is 0. The van der Waals surface area contributed by atoms with E-state index in [4.69, 9.17) is 0 Å². The molecule has 1 atom stereocenters. The third-order valence-electron chi connectivity index (χ3n) is 3.98. The molecule has 1 heterocycles. The average molecular weight is 275 g/mol. The molecular formula is C17H25NO2. The first-order chi connectivity index (χ1) is 9.52. The summed E-state index contributed by atoms with van der Waals surface area (Å²) in [5.74, 6) is 0.0343. The number of carbonyl (C=O) groups is 1. The van der Waals surface area contributed by atoms with Gasteiger partial charge in [-0.2, -0.15) is 0 Å². The molecule has 2 rings (SSSR count). The van der Waals surface area contributed by atoms with Crippen molar-refractivity contribution in [3.8, 4) is 0 Å². The van der Waals surface area contributed by atoms with Crippen LogP contribution in [-0.4, -0.2) is 34.6 Å². The molecule has 1 saturated heterocycles. The minimum absolute atomic E-state index is 0.0343. The van der Waals surface area contributed by atoms with Crippen LogP contribution in [0, 0.1) is 0 Å². The van der Waals surface area contributed by atoms with Crippen molar-refractivity contribution < 1.29 is 9.90 Å². The molecule has 1 aromatic rings. The highest BCUT2D eigenvalue weighted by Crippen LogP contribution is 2.22. The number of piperidine rings is 1. The summed E-state index contributed by atoms with van der Waals surface area (Å²) in [6.45, 7) is 5.16. The van der Waals surface area contributed by atoms with Crippen molar-refractivity contribution in [1.29, 1.82) is 0 Å². The monoisotopic (exact) mass is 275 g/mol.